The second-order valence-electron chi connectivity index (χ2n) is 20.1. The highest BCUT2D eigenvalue weighted by Crippen LogP contribution is 2.53. The maximum atomic E-state index is 2.45. The van der Waals surface area contributed by atoms with Crippen LogP contribution in [-0.2, 0) is 44.2 Å². The molecule has 0 aliphatic carbocycles. The quantitative estimate of drug-likeness (QED) is 0.127. The molecule has 0 spiro atoms. The number of anilines is 2. The molecule has 2 aromatic heterocycles. The van der Waals surface area contributed by atoms with Crippen molar-refractivity contribution in [3.05, 3.63) is 249 Å². The number of fused-ring (bicyclic) bond motifs is 8. The zero-order chi connectivity index (χ0) is 48.4. The van der Waals surface area contributed by atoms with E-state index in [2.05, 4.69) is 267 Å². The molecule has 71 heavy (non-hydrogen) atoms. The molecule has 2 aliphatic rings. The highest BCUT2D eigenvalue weighted by atomic mass is 32.1. The Balaban J connectivity index is 0.809. The first-order valence-electron chi connectivity index (χ1n) is 24.8. The van der Waals surface area contributed by atoms with E-state index >= 15 is 0 Å². The molecule has 0 N–H and O–H groups in total. The molecule has 0 saturated carbocycles. The van der Waals surface area contributed by atoms with E-state index < -0.39 is 0 Å². The number of hydrogen-bond acceptors (Lipinski definition) is 4. The number of allylic oxidation sites excluding steroid dienone is 6. The summed E-state index contributed by atoms with van der Waals surface area (Å²) in [6.07, 6.45) is 16.4. The molecule has 0 saturated heterocycles. The van der Waals surface area contributed by atoms with Crippen LogP contribution in [-0.4, -0.2) is 14.1 Å². The molecule has 2 aliphatic heterocycles. The number of para-hydroxylation sites is 2. The summed E-state index contributed by atoms with van der Waals surface area (Å²) in [7, 11) is 8.80. The fraction of sp³-hybridized carbons (Fsp3) is 0.169. The van der Waals surface area contributed by atoms with Gasteiger partial charge in [-0.15, -0.1) is 0 Å². The van der Waals surface area contributed by atoms with Crippen LogP contribution in [0.5, 0.6) is 0 Å². The highest BCUT2D eigenvalue weighted by molar-refractivity contribution is 7.19. The summed E-state index contributed by atoms with van der Waals surface area (Å²) in [6, 6.07) is 63.1. The van der Waals surface area contributed by atoms with Crippen molar-refractivity contribution in [1.82, 2.24) is 0 Å². The van der Waals surface area contributed by atoms with E-state index in [9.17, 15) is 0 Å². The van der Waals surface area contributed by atoms with Crippen LogP contribution in [0.4, 0.5) is 11.4 Å². The van der Waals surface area contributed by atoms with Gasteiger partial charge in [-0.05, 0) is 124 Å². The largest absolute Gasteiger partial charge is 0.347 e. The molecule has 6 heteroatoms. The highest BCUT2D eigenvalue weighted by Gasteiger charge is 2.45. The molecule has 348 valence electrons. The van der Waals surface area contributed by atoms with Crippen molar-refractivity contribution in [3.63, 3.8) is 0 Å². The Hall–Kier alpha value is -7.38. The molecule has 4 heterocycles. The number of nitrogens with zero attached hydrogens (tertiary/aromatic N) is 4. The van der Waals surface area contributed by atoms with Gasteiger partial charge >= 0.3 is 0 Å². The summed E-state index contributed by atoms with van der Waals surface area (Å²) in [5, 5.41) is 7.69. The Morgan fingerprint density at radius 1 is 0.451 bits per heavy atom. The van der Waals surface area contributed by atoms with Gasteiger partial charge in [-0.3, -0.25) is 0 Å². The number of hydrogen-bond donors (Lipinski definition) is 0. The van der Waals surface area contributed by atoms with Gasteiger partial charge < -0.3 is 9.80 Å². The number of aryl methyl sites for hydroxylation is 2. The maximum Gasteiger partial charge on any atom is 0.262 e. The lowest BCUT2D eigenvalue weighted by Gasteiger charge is -2.30. The minimum atomic E-state index is -0.241. The molecule has 12 rings (SSSR count). The first-order chi connectivity index (χ1) is 34.6. The predicted molar refractivity (Wildman–Crippen MR) is 303 cm³/mol. The fourth-order valence-electron chi connectivity index (χ4n) is 12.0. The van der Waals surface area contributed by atoms with Gasteiger partial charge in [0, 0.05) is 72.0 Å². The van der Waals surface area contributed by atoms with Gasteiger partial charge in [-0.1, -0.05) is 168 Å². The SMILES string of the molecule is CN1C(=CC=Cc2sc3ccccc3[n+]2C)C(C)(Cc2ccc(Cc3ccc(CC4(C)C(=CC=Cc5sc6ccccc6[n+]5C)N(C)c5ccc6ccccc6c54)cc3)cc2)c2c1ccc1ccccc21. The lowest BCUT2D eigenvalue weighted by atomic mass is 9.74. The lowest BCUT2D eigenvalue weighted by molar-refractivity contribution is -0.642. The first-order valence-corrected chi connectivity index (χ1v) is 26.4. The van der Waals surface area contributed by atoms with Gasteiger partial charge in [0.25, 0.3) is 10.0 Å². The van der Waals surface area contributed by atoms with Crippen LogP contribution in [0.25, 0.3) is 54.1 Å². The lowest BCUT2D eigenvalue weighted by Crippen LogP contribution is -2.29. The van der Waals surface area contributed by atoms with Crippen molar-refractivity contribution in [2.75, 3.05) is 23.9 Å². The molecule has 2 unspecified atom stereocenters. The summed E-state index contributed by atoms with van der Waals surface area (Å²) in [4.78, 5) is 4.84. The van der Waals surface area contributed by atoms with Crippen LogP contribution < -0.4 is 18.9 Å². The minimum absolute atomic E-state index is 0.241. The number of thiazole rings is 2. The van der Waals surface area contributed by atoms with Gasteiger partial charge in [0.05, 0.1) is 0 Å². The summed E-state index contributed by atoms with van der Waals surface area (Å²) in [6.45, 7) is 4.90. The Kier molecular flexibility index (Phi) is 11.2. The molecule has 0 bridgehead atoms. The van der Waals surface area contributed by atoms with Crippen molar-refractivity contribution >= 4 is 88.2 Å². The van der Waals surface area contributed by atoms with Crippen LogP contribution in [0, 0.1) is 0 Å². The van der Waals surface area contributed by atoms with Crippen molar-refractivity contribution < 1.29 is 9.13 Å². The summed E-state index contributed by atoms with van der Waals surface area (Å²) >= 11 is 3.67. The number of rotatable bonds is 10. The van der Waals surface area contributed by atoms with Gasteiger partial charge in [0.15, 0.2) is 0 Å². The third kappa shape index (κ3) is 7.72. The van der Waals surface area contributed by atoms with E-state index in [0.29, 0.717) is 0 Å². The van der Waals surface area contributed by atoms with Crippen LogP contribution in [0.15, 0.2) is 206 Å². The fourth-order valence-corrected chi connectivity index (χ4v) is 14.1. The first kappa shape index (κ1) is 44.8. The van der Waals surface area contributed by atoms with Crippen molar-refractivity contribution in [2.45, 2.75) is 43.9 Å². The van der Waals surface area contributed by atoms with E-state index in [1.54, 1.807) is 0 Å². The Bertz CT molecular complexity index is 3580. The summed E-state index contributed by atoms with van der Waals surface area (Å²) in [5.74, 6) is 0. The molecule has 2 atom stereocenters. The number of aromatic nitrogens is 2. The molecule has 0 fully saturated rings. The number of benzene rings is 8. The topological polar surface area (TPSA) is 14.2 Å². The second-order valence-corrected chi connectivity index (χ2v) is 22.2. The second kappa shape index (κ2) is 17.8. The molecule has 0 amide bonds. The van der Waals surface area contributed by atoms with E-state index in [-0.39, 0.29) is 10.8 Å². The van der Waals surface area contributed by atoms with E-state index in [1.165, 1.54) is 108 Å². The minimum Gasteiger partial charge on any atom is -0.347 e. The third-order valence-electron chi connectivity index (χ3n) is 15.6. The average molecular weight is 959 g/mol. The van der Waals surface area contributed by atoms with Crippen molar-refractivity contribution in [1.29, 1.82) is 0 Å². The van der Waals surface area contributed by atoms with Crippen molar-refractivity contribution in [2.24, 2.45) is 14.1 Å². The van der Waals surface area contributed by atoms with Gasteiger partial charge in [0.1, 0.15) is 23.5 Å². The molecule has 10 aromatic rings. The van der Waals surface area contributed by atoms with Crippen molar-refractivity contribution in [3.8, 4) is 0 Å². The normalized spacial score (nSPS) is 19.0. The van der Waals surface area contributed by atoms with E-state index in [4.69, 9.17) is 0 Å². The third-order valence-corrected chi connectivity index (χ3v) is 18.0. The monoisotopic (exact) mass is 958 g/mol. The smallest absolute Gasteiger partial charge is 0.262 e. The van der Waals surface area contributed by atoms with Crippen LogP contribution >= 0.6 is 22.7 Å². The molecular formula is C65H58N4S2+2. The Morgan fingerprint density at radius 3 is 1.25 bits per heavy atom. The average Bonchev–Trinajstić information content (AvgIpc) is 4.03. The van der Waals surface area contributed by atoms with Gasteiger partial charge in [-0.2, -0.15) is 9.13 Å². The number of likely N-dealkylation sites (N-methyl/N-ethyl adjacent to an activating group) is 2. The molecular weight excluding hydrogens is 901 g/mol. The summed E-state index contributed by atoms with van der Waals surface area (Å²) < 4.78 is 7.19. The predicted octanol–water partition coefficient (Wildman–Crippen LogP) is 14.8. The molecule has 8 aromatic carbocycles. The van der Waals surface area contributed by atoms with Gasteiger partial charge in [-0.25, -0.2) is 0 Å². The zero-order valence-electron chi connectivity index (χ0n) is 41.4. The summed E-state index contributed by atoms with van der Waals surface area (Å²) in [5.41, 5.74) is 15.4. The molecule has 4 nitrogen and oxygen atoms in total. The van der Waals surface area contributed by atoms with E-state index in [0.717, 1.165) is 19.3 Å². The maximum absolute atomic E-state index is 2.45. The zero-order valence-corrected chi connectivity index (χ0v) is 43.0. The Morgan fingerprint density at radius 2 is 0.831 bits per heavy atom. The van der Waals surface area contributed by atoms with Crippen LogP contribution in [0.1, 0.15) is 57.2 Å². The standard InChI is InChI=1S/C65H58N4S2/c1-64(58(25-15-27-60-68(5)52-21-11-13-23-56(52)70-60)66(3)54-39-37-48-17-7-9-19-50(48)62(54)64)42-46-33-29-44(30-34-46)41-45-31-35-47(36-32-45)43-65(2)59(26-16-28-61-69(6)53-22-12-14-24-57(53)71-61)67(4)55-40-38-49-18-8-10-20-51(49)63(55)65/h7-40H,41-43H2,1-6H3/q+2. The van der Waals surface area contributed by atoms with Crippen LogP contribution in [0.2, 0.25) is 0 Å². The van der Waals surface area contributed by atoms with E-state index in [1.807, 2.05) is 22.7 Å². The van der Waals surface area contributed by atoms with Gasteiger partial charge in [0.2, 0.25) is 11.0 Å². The molecule has 0 radical (unpaired) electrons. The Labute approximate surface area is 425 Å². The van der Waals surface area contributed by atoms with Crippen LogP contribution in [0.3, 0.4) is 0 Å².